The number of nitrogens with zero attached hydrogens (tertiary/aromatic N) is 1. The fourth-order valence-corrected chi connectivity index (χ4v) is 1.93. The van der Waals surface area contributed by atoms with E-state index in [1.165, 1.54) is 13.5 Å². The van der Waals surface area contributed by atoms with Crippen molar-refractivity contribution in [2.45, 2.75) is 18.9 Å². The maximum atomic E-state index is 11.2. The molecule has 1 atom stereocenters. The van der Waals surface area contributed by atoms with Gasteiger partial charge in [-0.1, -0.05) is 6.07 Å². The number of ether oxygens (including phenoxy) is 1. The van der Waals surface area contributed by atoms with Crippen LogP contribution in [0.5, 0.6) is 0 Å². The Morgan fingerprint density at radius 2 is 2.39 bits per heavy atom. The van der Waals surface area contributed by atoms with E-state index in [1.54, 1.807) is 0 Å². The number of nitrogens with one attached hydrogen (secondary N) is 1. The topological polar surface area (TPSA) is 64.4 Å². The molecule has 1 N–H and O–H groups in total. The summed E-state index contributed by atoms with van der Waals surface area (Å²) in [5.74, 6) is -0.198. The Morgan fingerprint density at radius 3 is 3.11 bits per heavy atom. The second kappa shape index (κ2) is 5.64. The van der Waals surface area contributed by atoms with Crippen LogP contribution < -0.4 is 5.32 Å². The number of methoxy groups -OCH3 is 1. The van der Waals surface area contributed by atoms with Gasteiger partial charge in [0.05, 0.1) is 7.11 Å². The molecule has 1 aromatic carbocycles. The summed E-state index contributed by atoms with van der Waals surface area (Å²) in [7, 11) is 3.27. The lowest BCUT2D eigenvalue weighted by Crippen LogP contribution is -2.17. The fraction of sp³-hybridized carbons (Fsp3) is 0.385. The number of oxazole rings is 1. The van der Waals surface area contributed by atoms with Crippen LogP contribution in [0.4, 0.5) is 0 Å². The van der Waals surface area contributed by atoms with Crippen molar-refractivity contribution in [2.75, 3.05) is 14.2 Å². The molecule has 1 aromatic heterocycles. The van der Waals surface area contributed by atoms with Crippen molar-refractivity contribution in [2.24, 2.45) is 0 Å². The number of aromatic nitrogens is 1. The van der Waals surface area contributed by atoms with Crippen LogP contribution in [0.2, 0.25) is 0 Å². The first kappa shape index (κ1) is 12.6. The maximum absolute atomic E-state index is 11.2. The zero-order valence-electron chi connectivity index (χ0n) is 10.5. The standard InChI is InChI=1S/C13H16N2O3/c1-14-10(5-6-13(16)17-2)9-3-4-11-12(7-9)18-8-15-11/h3-4,7-8,10,14H,5-6H2,1-2H3. The van der Waals surface area contributed by atoms with Crippen LogP contribution in [0.3, 0.4) is 0 Å². The van der Waals surface area contributed by atoms with Gasteiger partial charge < -0.3 is 14.5 Å². The number of fused-ring (bicyclic) bond motifs is 1. The minimum Gasteiger partial charge on any atom is -0.469 e. The van der Waals surface area contributed by atoms with Gasteiger partial charge in [0.25, 0.3) is 0 Å². The molecule has 96 valence electrons. The van der Waals surface area contributed by atoms with E-state index < -0.39 is 0 Å². The number of carbonyl (C=O) groups is 1. The van der Waals surface area contributed by atoms with Crippen molar-refractivity contribution in [3.05, 3.63) is 30.2 Å². The lowest BCUT2D eigenvalue weighted by molar-refractivity contribution is -0.140. The SMILES string of the molecule is CNC(CCC(=O)OC)c1ccc2ncoc2c1. The van der Waals surface area contributed by atoms with Gasteiger partial charge in [-0.3, -0.25) is 4.79 Å². The van der Waals surface area contributed by atoms with Gasteiger partial charge in [0, 0.05) is 12.5 Å². The lowest BCUT2D eigenvalue weighted by atomic mass is 10.0. The normalized spacial score (nSPS) is 12.6. The highest BCUT2D eigenvalue weighted by Gasteiger charge is 2.13. The number of carbonyl (C=O) groups excluding carboxylic acids is 1. The number of rotatable bonds is 5. The van der Waals surface area contributed by atoms with Gasteiger partial charge in [-0.25, -0.2) is 4.98 Å². The first-order valence-corrected chi connectivity index (χ1v) is 5.82. The molecule has 2 rings (SSSR count). The van der Waals surface area contributed by atoms with Gasteiger partial charge in [-0.05, 0) is 31.2 Å². The molecule has 18 heavy (non-hydrogen) atoms. The maximum Gasteiger partial charge on any atom is 0.305 e. The molecule has 0 spiro atoms. The van der Waals surface area contributed by atoms with Gasteiger partial charge in [0.1, 0.15) is 5.52 Å². The summed E-state index contributed by atoms with van der Waals surface area (Å²) in [5, 5.41) is 3.18. The molecule has 0 fully saturated rings. The molecular formula is C13H16N2O3. The fourth-order valence-electron chi connectivity index (χ4n) is 1.93. The largest absolute Gasteiger partial charge is 0.469 e. The molecule has 5 nitrogen and oxygen atoms in total. The number of benzene rings is 1. The van der Waals surface area contributed by atoms with Crippen LogP contribution in [0.25, 0.3) is 11.1 Å². The second-order valence-electron chi connectivity index (χ2n) is 4.04. The Hall–Kier alpha value is -1.88. The highest BCUT2D eigenvalue weighted by atomic mass is 16.5. The minimum atomic E-state index is -0.198. The van der Waals surface area contributed by atoms with Crippen LogP contribution in [0.15, 0.2) is 29.0 Å². The first-order valence-electron chi connectivity index (χ1n) is 5.82. The molecule has 0 aliphatic rings. The Bertz CT molecular complexity index is 536. The van der Waals surface area contributed by atoms with Crippen molar-refractivity contribution in [3.63, 3.8) is 0 Å². The van der Waals surface area contributed by atoms with Gasteiger partial charge in [0.2, 0.25) is 0 Å². The second-order valence-corrected chi connectivity index (χ2v) is 4.04. The van der Waals surface area contributed by atoms with Crippen LogP contribution >= 0.6 is 0 Å². The third-order valence-corrected chi connectivity index (χ3v) is 2.97. The molecule has 0 aliphatic heterocycles. The molecule has 0 saturated heterocycles. The monoisotopic (exact) mass is 248 g/mol. The summed E-state index contributed by atoms with van der Waals surface area (Å²) in [4.78, 5) is 15.2. The number of esters is 1. The van der Waals surface area contributed by atoms with E-state index in [4.69, 9.17) is 4.42 Å². The molecule has 5 heteroatoms. The quantitative estimate of drug-likeness (QED) is 0.820. The van der Waals surface area contributed by atoms with Crippen LogP contribution in [0.1, 0.15) is 24.4 Å². The molecule has 0 saturated carbocycles. The Kier molecular flexibility index (Phi) is 3.94. The predicted octanol–water partition coefficient (Wildman–Crippen LogP) is 2.04. The van der Waals surface area contributed by atoms with Gasteiger partial charge >= 0.3 is 5.97 Å². The summed E-state index contributed by atoms with van der Waals surface area (Å²) in [6.45, 7) is 0. The van der Waals surface area contributed by atoms with Crippen molar-refractivity contribution >= 4 is 17.1 Å². The summed E-state index contributed by atoms with van der Waals surface area (Å²) in [6.07, 6.45) is 2.50. The molecule has 0 amide bonds. The predicted molar refractivity (Wildman–Crippen MR) is 67.1 cm³/mol. The highest BCUT2D eigenvalue weighted by Crippen LogP contribution is 2.22. The van der Waals surface area contributed by atoms with E-state index in [-0.39, 0.29) is 12.0 Å². The van der Waals surface area contributed by atoms with Crippen molar-refractivity contribution in [3.8, 4) is 0 Å². The Labute approximate surface area is 105 Å². The van der Waals surface area contributed by atoms with Crippen molar-refractivity contribution in [1.29, 1.82) is 0 Å². The van der Waals surface area contributed by atoms with Crippen LogP contribution in [0, 0.1) is 0 Å². The van der Waals surface area contributed by atoms with E-state index in [1.807, 2.05) is 25.2 Å². The highest BCUT2D eigenvalue weighted by molar-refractivity contribution is 5.73. The minimum absolute atomic E-state index is 0.0959. The average Bonchev–Trinajstić information content (AvgIpc) is 2.86. The van der Waals surface area contributed by atoms with Crippen molar-refractivity contribution < 1.29 is 13.9 Å². The van der Waals surface area contributed by atoms with Gasteiger partial charge in [-0.15, -0.1) is 0 Å². The van der Waals surface area contributed by atoms with E-state index in [9.17, 15) is 4.79 Å². The zero-order chi connectivity index (χ0) is 13.0. The van der Waals surface area contributed by atoms with Crippen LogP contribution in [-0.4, -0.2) is 25.1 Å². The third kappa shape index (κ3) is 2.68. The number of hydrogen-bond donors (Lipinski definition) is 1. The van der Waals surface area contributed by atoms with E-state index >= 15 is 0 Å². The average molecular weight is 248 g/mol. The zero-order valence-corrected chi connectivity index (χ0v) is 10.5. The molecule has 0 radical (unpaired) electrons. The van der Waals surface area contributed by atoms with Gasteiger partial charge in [-0.2, -0.15) is 0 Å². The molecular weight excluding hydrogens is 232 g/mol. The molecule has 1 heterocycles. The van der Waals surface area contributed by atoms with Crippen molar-refractivity contribution in [1.82, 2.24) is 10.3 Å². The Morgan fingerprint density at radius 1 is 1.56 bits per heavy atom. The summed E-state index contributed by atoms with van der Waals surface area (Å²) in [6, 6.07) is 5.94. The third-order valence-electron chi connectivity index (χ3n) is 2.97. The number of hydrogen-bond acceptors (Lipinski definition) is 5. The smallest absolute Gasteiger partial charge is 0.305 e. The van der Waals surface area contributed by atoms with Gasteiger partial charge in [0.15, 0.2) is 12.0 Å². The van der Waals surface area contributed by atoms with Crippen LogP contribution in [-0.2, 0) is 9.53 Å². The molecule has 0 aliphatic carbocycles. The molecule has 2 aromatic rings. The summed E-state index contributed by atoms with van der Waals surface area (Å²) >= 11 is 0. The summed E-state index contributed by atoms with van der Waals surface area (Å²) < 4.78 is 9.91. The van der Waals surface area contributed by atoms with E-state index in [0.29, 0.717) is 12.8 Å². The first-order chi connectivity index (χ1) is 8.74. The van der Waals surface area contributed by atoms with E-state index in [2.05, 4.69) is 15.0 Å². The Balaban J connectivity index is 2.13. The van der Waals surface area contributed by atoms with E-state index in [0.717, 1.165) is 16.7 Å². The molecule has 0 bridgehead atoms. The summed E-state index contributed by atoms with van der Waals surface area (Å²) in [5.41, 5.74) is 2.66. The molecule has 1 unspecified atom stereocenters. The lowest BCUT2D eigenvalue weighted by Gasteiger charge is -2.15.